The van der Waals surface area contributed by atoms with E-state index in [1.165, 1.54) is 0 Å². The quantitative estimate of drug-likeness (QED) is 0.702. The average Bonchev–Trinajstić information content (AvgIpc) is 2.73. The second-order valence-corrected chi connectivity index (χ2v) is 3.23. The molecule has 1 atom stereocenters. The van der Waals surface area contributed by atoms with E-state index >= 15 is 0 Å². The summed E-state index contributed by atoms with van der Waals surface area (Å²) in [6, 6.07) is -0.267. The smallest absolute Gasteiger partial charge is 0.154 e. The highest BCUT2D eigenvalue weighted by Gasteiger charge is 2.15. The monoisotopic (exact) mass is 192 g/mol. The normalized spacial score (nSPS) is 13.1. The van der Waals surface area contributed by atoms with E-state index in [1.807, 2.05) is 20.3 Å². The predicted octanol–water partition coefficient (Wildman–Crippen LogP) is -0.403. The zero-order chi connectivity index (χ0) is 10.1. The molecule has 0 aliphatic carbocycles. The van der Waals surface area contributed by atoms with E-state index in [4.69, 9.17) is 5.73 Å². The van der Waals surface area contributed by atoms with Gasteiger partial charge in [-0.1, -0.05) is 0 Å². The fraction of sp³-hybridized carbons (Fsp3) is 0.375. The third kappa shape index (κ3) is 1.39. The van der Waals surface area contributed by atoms with Crippen LogP contribution >= 0.6 is 0 Å². The molecule has 0 spiro atoms. The number of rotatable bonds is 2. The summed E-state index contributed by atoms with van der Waals surface area (Å²) in [4.78, 5) is 0. The molecule has 0 saturated carbocycles. The van der Waals surface area contributed by atoms with E-state index in [9.17, 15) is 0 Å². The summed E-state index contributed by atoms with van der Waals surface area (Å²) >= 11 is 0. The second-order valence-electron chi connectivity index (χ2n) is 3.23. The number of hydrogen-bond acceptors (Lipinski definition) is 4. The molecule has 14 heavy (non-hydrogen) atoms. The predicted molar refractivity (Wildman–Crippen MR) is 50.2 cm³/mol. The summed E-state index contributed by atoms with van der Waals surface area (Å²) in [6.07, 6.45) is 5.24. The summed E-state index contributed by atoms with van der Waals surface area (Å²) in [6.45, 7) is 0. The zero-order valence-corrected chi connectivity index (χ0v) is 8.12. The number of aryl methyl sites for hydroxylation is 2. The van der Waals surface area contributed by atoms with Crippen molar-refractivity contribution >= 4 is 0 Å². The first kappa shape index (κ1) is 8.89. The van der Waals surface area contributed by atoms with E-state index in [0.717, 1.165) is 11.4 Å². The minimum absolute atomic E-state index is 0.267. The summed E-state index contributed by atoms with van der Waals surface area (Å²) in [5.41, 5.74) is 6.93. The maximum atomic E-state index is 6.00. The third-order valence-corrected chi connectivity index (χ3v) is 2.11. The largest absolute Gasteiger partial charge is 0.319 e. The molecular formula is C8H12N6. The molecule has 2 aromatic rings. The Morgan fingerprint density at radius 1 is 1.43 bits per heavy atom. The molecule has 0 aromatic carbocycles. The summed E-state index contributed by atoms with van der Waals surface area (Å²) in [5, 5.41) is 11.8. The highest BCUT2D eigenvalue weighted by Crippen LogP contribution is 2.15. The van der Waals surface area contributed by atoms with Crippen molar-refractivity contribution in [2.45, 2.75) is 6.04 Å². The summed E-state index contributed by atoms with van der Waals surface area (Å²) in [7, 11) is 3.72. The van der Waals surface area contributed by atoms with Crippen LogP contribution in [0.3, 0.4) is 0 Å². The first-order valence-electron chi connectivity index (χ1n) is 4.26. The van der Waals surface area contributed by atoms with Crippen LogP contribution in [0.25, 0.3) is 0 Å². The highest BCUT2D eigenvalue weighted by molar-refractivity contribution is 5.17. The minimum Gasteiger partial charge on any atom is -0.319 e. The van der Waals surface area contributed by atoms with Gasteiger partial charge in [0, 0.05) is 25.9 Å². The lowest BCUT2D eigenvalue weighted by Crippen LogP contribution is -2.16. The molecule has 0 bridgehead atoms. The second kappa shape index (κ2) is 3.22. The van der Waals surface area contributed by atoms with Crippen LogP contribution in [-0.4, -0.2) is 24.5 Å². The standard InChI is InChI=1S/C8H12N6/c1-13-5-10-12-8(13)7(9)6-3-11-14(2)4-6/h3-5,7H,9H2,1-2H3. The van der Waals surface area contributed by atoms with Crippen LogP contribution < -0.4 is 5.73 Å². The van der Waals surface area contributed by atoms with Gasteiger partial charge in [0.1, 0.15) is 6.33 Å². The molecule has 6 nitrogen and oxygen atoms in total. The molecule has 0 saturated heterocycles. The van der Waals surface area contributed by atoms with Crippen molar-refractivity contribution in [3.05, 3.63) is 30.1 Å². The molecule has 2 N–H and O–H groups in total. The molecule has 1 unspecified atom stereocenters. The van der Waals surface area contributed by atoms with Crippen molar-refractivity contribution in [3.8, 4) is 0 Å². The van der Waals surface area contributed by atoms with Crippen molar-refractivity contribution in [3.63, 3.8) is 0 Å². The first-order chi connectivity index (χ1) is 6.68. The lowest BCUT2D eigenvalue weighted by Gasteiger charge is -2.07. The van der Waals surface area contributed by atoms with Gasteiger partial charge < -0.3 is 10.3 Å². The van der Waals surface area contributed by atoms with Crippen LogP contribution in [0.5, 0.6) is 0 Å². The Balaban J connectivity index is 2.33. The van der Waals surface area contributed by atoms with Crippen LogP contribution in [-0.2, 0) is 14.1 Å². The van der Waals surface area contributed by atoms with Gasteiger partial charge in [-0.3, -0.25) is 4.68 Å². The summed E-state index contributed by atoms with van der Waals surface area (Å²) < 4.78 is 3.52. The van der Waals surface area contributed by atoms with E-state index in [1.54, 1.807) is 21.8 Å². The van der Waals surface area contributed by atoms with Gasteiger partial charge in [0.2, 0.25) is 0 Å². The van der Waals surface area contributed by atoms with E-state index in [-0.39, 0.29) is 6.04 Å². The van der Waals surface area contributed by atoms with Crippen LogP contribution in [0, 0.1) is 0 Å². The number of hydrogen-bond donors (Lipinski definition) is 1. The van der Waals surface area contributed by atoms with Crippen molar-refractivity contribution in [1.29, 1.82) is 0 Å². The molecule has 74 valence electrons. The fourth-order valence-electron chi connectivity index (χ4n) is 1.32. The van der Waals surface area contributed by atoms with Crippen molar-refractivity contribution < 1.29 is 0 Å². The molecule has 0 radical (unpaired) electrons. The Labute approximate surface area is 81.4 Å². The van der Waals surface area contributed by atoms with Gasteiger partial charge in [0.15, 0.2) is 5.82 Å². The van der Waals surface area contributed by atoms with Crippen molar-refractivity contribution in [1.82, 2.24) is 24.5 Å². The lowest BCUT2D eigenvalue weighted by molar-refractivity contribution is 0.712. The van der Waals surface area contributed by atoms with Crippen LogP contribution in [0.2, 0.25) is 0 Å². The van der Waals surface area contributed by atoms with Gasteiger partial charge in [-0.05, 0) is 0 Å². The fourth-order valence-corrected chi connectivity index (χ4v) is 1.32. The van der Waals surface area contributed by atoms with Crippen LogP contribution in [0.1, 0.15) is 17.4 Å². The molecule has 2 rings (SSSR count). The Bertz CT molecular complexity index is 428. The zero-order valence-electron chi connectivity index (χ0n) is 8.12. The number of nitrogens with two attached hydrogens (primary N) is 1. The van der Waals surface area contributed by atoms with E-state index in [2.05, 4.69) is 15.3 Å². The Kier molecular flexibility index (Phi) is 2.05. The minimum atomic E-state index is -0.267. The van der Waals surface area contributed by atoms with Gasteiger partial charge >= 0.3 is 0 Å². The Morgan fingerprint density at radius 2 is 2.21 bits per heavy atom. The molecule has 0 aliphatic rings. The van der Waals surface area contributed by atoms with Gasteiger partial charge in [-0.15, -0.1) is 10.2 Å². The molecule has 0 amide bonds. The van der Waals surface area contributed by atoms with Gasteiger partial charge in [0.05, 0.1) is 12.2 Å². The molecule has 0 fully saturated rings. The van der Waals surface area contributed by atoms with Crippen LogP contribution in [0.4, 0.5) is 0 Å². The van der Waals surface area contributed by atoms with E-state index < -0.39 is 0 Å². The maximum absolute atomic E-state index is 6.00. The highest BCUT2D eigenvalue weighted by atomic mass is 15.3. The molecule has 6 heteroatoms. The van der Waals surface area contributed by atoms with Gasteiger partial charge in [-0.25, -0.2) is 0 Å². The van der Waals surface area contributed by atoms with E-state index in [0.29, 0.717) is 0 Å². The van der Waals surface area contributed by atoms with Gasteiger partial charge in [-0.2, -0.15) is 5.10 Å². The van der Waals surface area contributed by atoms with Crippen molar-refractivity contribution in [2.75, 3.05) is 0 Å². The van der Waals surface area contributed by atoms with Crippen molar-refractivity contribution in [2.24, 2.45) is 19.8 Å². The van der Waals surface area contributed by atoms with Gasteiger partial charge in [0.25, 0.3) is 0 Å². The SMILES string of the molecule is Cn1cc(C(N)c2nncn2C)cn1. The third-order valence-electron chi connectivity index (χ3n) is 2.11. The lowest BCUT2D eigenvalue weighted by atomic mass is 10.1. The first-order valence-corrected chi connectivity index (χ1v) is 4.26. The van der Waals surface area contributed by atoms with Crippen LogP contribution in [0.15, 0.2) is 18.7 Å². The molecular weight excluding hydrogens is 180 g/mol. The molecule has 2 aromatic heterocycles. The maximum Gasteiger partial charge on any atom is 0.154 e. The Hall–Kier alpha value is -1.69. The molecule has 2 heterocycles. The summed E-state index contributed by atoms with van der Waals surface area (Å²) in [5.74, 6) is 0.734. The Morgan fingerprint density at radius 3 is 2.71 bits per heavy atom. The number of aromatic nitrogens is 5. The molecule has 0 aliphatic heterocycles. The topological polar surface area (TPSA) is 74.6 Å². The average molecular weight is 192 g/mol. The number of nitrogens with zero attached hydrogens (tertiary/aromatic N) is 5.